The maximum atomic E-state index is 13.4. The fourth-order valence-corrected chi connectivity index (χ4v) is 3.80. The molecule has 10 nitrogen and oxygen atoms in total. The van der Waals surface area contributed by atoms with Crippen LogP contribution in [0, 0.1) is 6.92 Å². The summed E-state index contributed by atoms with van der Waals surface area (Å²) in [5.41, 5.74) is 5.83. The molecule has 0 bridgehead atoms. The number of hydrogen-bond donors (Lipinski definition) is 2. The fraction of sp³-hybridized carbons (Fsp3) is 0.217. The summed E-state index contributed by atoms with van der Waals surface area (Å²) in [4.78, 5) is 29.6. The van der Waals surface area contributed by atoms with E-state index in [0.717, 1.165) is 10.7 Å². The summed E-state index contributed by atoms with van der Waals surface area (Å²) < 4.78 is 42.7. The summed E-state index contributed by atoms with van der Waals surface area (Å²) >= 11 is 0. The number of nitrogen functional groups attached to an aromatic ring is 1. The SMILES string of the molecule is Cc1c([C@@H](C)NC(=O)c2ccc(=O)n(-c3cncc(-c4cnnn4C)c3)n2)cc(N)cc1C(F)(F)F. The molecule has 0 unspecified atom stereocenters. The number of nitrogens with one attached hydrogen (secondary N) is 1. The van der Waals surface area contributed by atoms with Crippen molar-refractivity contribution in [3.63, 3.8) is 0 Å². The largest absolute Gasteiger partial charge is 0.416 e. The van der Waals surface area contributed by atoms with Crippen molar-refractivity contribution in [1.82, 2.24) is 35.1 Å². The van der Waals surface area contributed by atoms with Gasteiger partial charge < -0.3 is 11.1 Å². The number of carbonyl (C=O) groups is 1. The van der Waals surface area contributed by atoms with E-state index in [1.807, 2.05) is 0 Å². The Labute approximate surface area is 202 Å². The van der Waals surface area contributed by atoms with Crippen LogP contribution >= 0.6 is 0 Å². The predicted octanol–water partition coefficient (Wildman–Crippen LogP) is 2.82. The molecule has 0 saturated heterocycles. The van der Waals surface area contributed by atoms with Crippen molar-refractivity contribution in [1.29, 1.82) is 0 Å². The molecule has 0 radical (unpaired) electrons. The number of benzene rings is 1. The standard InChI is InChI=1S/C23H21F3N8O2/c1-12-17(7-15(27)8-18(12)23(24,25)26)13(2)30-22(36)19-4-5-21(35)34(31-19)16-6-14(9-28-10-16)20-11-29-32-33(20)3/h4-11,13H,27H2,1-3H3,(H,30,36)/t13-/m1/s1. The van der Waals surface area contributed by atoms with Gasteiger partial charge in [0.2, 0.25) is 0 Å². The number of hydrogen-bond acceptors (Lipinski definition) is 7. The van der Waals surface area contributed by atoms with Crippen LogP contribution in [0.5, 0.6) is 0 Å². The lowest BCUT2D eigenvalue weighted by Gasteiger charge is -2.20. The molecule has 0 saturated carbocycles. The van der Waals surface area contributed by atoms with Crippen molar-refractivity contribution < 1.29 is 18.0 Å². The average molecular weight is 498 g/mol. The molecule has 36 heavy (non-hydrogen) atoms. The second-order valence-corrected chi connectivity index (χ2v) is 8.12. The van der Waals surface area contributed by atoms with Gasteiger partial charge in [-0.2, -0.15) is 23.0 Å². The zero-order chi connectivity index (χ0) is 26.2. The molecule has 3 N–H and O–H groups in total. The van der Waals surface area contributed by atoms with Crippen molar-refractivity contribution in [2.75, 3.05) is 5.73 Å². The minimum Gasteiger partial charge on any atom is -0.399 e. The summed E-state index contributed by atoms with van der Waals surface area (Å²) in [5.74, 6) is -0.688. The summed E-state index contributed by atoms with van der Waals surface area (Å²) in [5, 5.41) is 14.4. The molecule has 3 aromatic heterocycles. The maximum Gasteiger partial charge on any atom is 0.416 e. The number of amides is 1. The van der Waals surface area contributed by atoms with E-state index in [4.69, 9.17) is 5.73 Å². The molecular formula is C23H21F3N8O2. The number of halogens is 3. The molecule has 186 valence electrons. The first-order chi connectivity index (χ1) is 17.0. The van der Waals surface area contributed by atoms with Gasteiger partial charge in [0.1, 0.15) is 5.69 Å². The zero-order valence-electron chi connectivity index (χ0n) is 19.4. The number of carbonyl (C=O) groups excluding carboxylic acids is 1. The van der Waals surface area contributed by atoms with E-state index < -0.39 is 29.2 Å². The van der Waals surface area contributed by atoms with Crippen LogP contribution in [0.15, 0.2) is 53.7 Å². The summed E-state index contributed by atoms with van der Waals surface area (Å²) in [7, 11) is 1.70. The van der Waals surface area contributed by atoms with Gasteiger partial charge in [0.05, 0.1) is 35.4 Å². The second kappa shape index (κ2) is 9.24. The van der Waals surface area contributed by atoms with E-state index in [1.165, 1.54) is 49.1 Å². The Morgan fingerprint density at radius 3 is 2.56 bits per heavy atom. The monoisotopic (exact) mass is 498 g/mol. The molecule has 1 atom stereocenters. The molecule has 0 aliphatic carbocycles. The third-order valence-electron chi connectivity index (χ3n) is 5.60. The highest BCUT2D eigenvalue weighted by molar-refractivity contribution is 5.92. The minimum absolute atomic E-state index is 0.0463. The van der Waals surface area contributed by atoms with Crippen LogP contribution in [0.2, 0.25) is 0 Å². The molecule has 0 fully saturated rings. The Kier molecular flexibility index (Phi) is 6.31. The van der Waals surface area contributed by atoms with Crippen LogP contribution in [-0.4, -0.2) is 35.7 Å². The van der Waals surface area contributed by atoms with Crippen molar-refractivity contribution in [2.45, 2.75) is 26.1 Å². The summed E-state index contributed by atoms with van der Waals surface area (Å²) in [6, 6.07) is 5.45. The Hall–Kier alpha value is -4.55. The van der Waals surface area contributed by atoms with Gasteiger partial charge in [-0.3, -0.25) is 14.6 Å². The Morgan fingerprint density at radius 2 is 1.89 bits per heavy atom. The molecule has 0 aliphatic heterocycles. The van der Waals surface area contributed by atoms with E-state index in [9.17, 15) is 22.8 Å². The molecule has 1 amide bonds. The quantitative estimate of drug-likeness (QED) is 0.404. The fourth-order valence-electron chi connectivity index (χ4n) is 3.80. The molecule has 1 aromatic carbocycles. The highest BCUT2D eigenvalue weighted by atomic mass is 19.4. The lowest BCUT2D eigenvalue weighted by atomic mass is 9.96. The average Bonchev–Trinajstić information content (AvgIpc) is 3.25. The van der Waals surface area contributed by atoms with E-state index in [2.05, 4.69) is 25.7 Å². The van der Waals surface area contributed by atoms with Crippen LogP contribution in [0.1, 0.15) is 40.1 Å². The third-order valence-corrected chi connectivity index (χ3v) is 5.60. The third kappa shape index (κ3) is 4.80. The van der Waals surface area contributed by atoms with E-state index in [-0.39, 0.29) is 22.5 Å². The maximum absolute atomic E-state index is 13.4. The molecule has 3 heterocycles. The lowest BCUT2D eigenvalue weighted by molar-refractivity contribution is -0.138. The Morgan fingerprint density at radius 1 is 1.14 bits per heavy atom. The first-order valence-electron chi connectivity index (χ1n) is 10.6. The first-order valence-corrected chi connectivity index (χ1v) is 10.6. The molecule has 4 aromatic rings. The number of aromatic nitrogens is 6. The van der Waals surface area contributed by atoms with Crippen LogP contribution in [0.25, 0.3) is 16.9 Å². The van der Waals surface area contributed by atoms with Gasteiger partial charge in [0.15, 0.2) is 0 Å². The number of rotatable bonds is 5. The van der Waals surface area contributed by atoms with Crippen LogP contribution in [-0.2, 0) is 13.2 Å². The number of nitrogens with two attached hydrogens (primary N) is 1. The summed E-state index contributed by atoms with van der Waals surface area (Å²) in [6.07, 6.45) is -0.0940. The van der Waals surface area contributed by atoms with Crippen molar-refractivity contribution in [3.05, 3.63) is 81.7 Å². The second-order valence-electron chi connectivity index (χ2n) is 8.12. The van der Waals surface area contributed by atoms with Crippen LogP contribution < -0.4 is 16.6 Å². The van der Waals surface area contributed by atoms with Crippen molar-refractivity contribution >= 4 is 11.6 Å². The number of alkyl halides is 3. The number of nitrogens with zero attached hydrogens (tertiary/aromatic N) is 6. The molecule has 4 rings (SSSR count). The highest BCUT2D eigenvalue weighted by Crippen LogP contribution is 2.36. The molecule has 13 heteroatoms. The molecular weight excluding hydrogens is 477 g/mol. The van der Waals surface area contributed by atoms with Crippen LogP contribution in [0.4, 0.5) is 18.9 Å². The normalized spacial score (nSPS) is 12.4. The van der Waals surface area contributed by atoms with Crippen LogP contribution in [0.3, 0.4) is 0 Å². The number of anilines is 1. The summed E-state index contributed by atoms with van der Waals surface area (Å²) in [6.45, 7) is 2.85. The van der Waals surface area contributed by atoms with Gasteiger partial charge in [-0.15, -0.1) is 5.10 Å². The highest BCUT2D eigenvalue weighted by Gasteiger charge is 2.34. The van der Waals surface area contributed by atoms with Crippen molar-refractivity contribution in [3.8, 4) is 16.9 Å². The Balaban J connectivity index is 1.64. The zero-order valence-corrected chi connectivity index (χ0v) is 19.4. The number of pyridine rings is 1. The first kappa shape index (κ1) is 24.6. The minimum atomic E-state index is -4.59. The smallest absolute Gasteiger partial charge is 0.399 e. The van der Waals surface area contributed by atoms with Gasteiger partial charge in [0.25, 0.3) is 11.5 Å². The number of aryl methyl sites for hydroxylation is 1. The lowest BCUT2D eigenvalue weighted by Crippen LogP contribution is -2.31. The van der Waals surface area contributed by atoms with E-state index in [0.29, 0.717) is 16.9 Å². The van der Waals surface area contributed by atoms with Gasteiger partial charge in [-0.05, 0) is 49.2 Å². The van der Waals surface area contributed by atoms with E-state index >= 15 is 0 Å². The predicted molar refractivity (Wildman–Crippen MR) is 124 cm³/mol. The molecule has 0 aliphatic rings. The van der Waals surface area contributed by atoms with Gasteiger partial charge in [0, 0.05) is 30.6 Å². The van der Waals surface area contributed by atoms with E-state index in [1.54, 1.807) is 19.3 Å². The van der Waals surface area contributed by atoms with Gasteiger partial charge in [-0.1, -0.05) is 5.21 Å². The Bertz CT molecular complexity index is 1510. The van der Waals surface area contributed by atoms with Gasteiger partial charge in [-0.25, -0.2) is 4.68 Å². The topological polar surface area (TPSA) is 134 Å². The molecule has 0 spiro atoms. The van der Waals surface area contributed by atoms with Crippen molar-refractivity contribution in [2.24, 2.45) is 7.05 Å². The van der Waals surface area contributed by atoms with Gasteiger partial charge >= 0.3 is 6.18 Å².